The van der Waals surface area contributed by atoms with Gasteiger partial charge in [-0.05, 0) is 157 Å². The molecule has 30 heteroatoms. The number of carbonyl (C=O) groups excluding carboxylic acids is 7. The quantitative estimate of drug-likeness (QED) is 0.0310. The summed E-state index contributed by atoms with van der Waals surface area (Å²) in [6.45, 7) is 11.4. The second-order valence-electron chi connectivity index (χ2n) is 34.7. The smallest absolute Gasteiger partial charge is 0.407 e. The molecule has 0 radical (unpaired) electrons. The van der Waals surface area contributed by atoms with Crippen molar-refractivity contribution in [1.29, 1.82) is 0 Å². The van der Waals surface area contributed by atoms with Crippen molar-refractivity contribution in [2.75, 3.05) is 74.5 Å². The lowest BCUT2D eigenvalue weighted by Crippen LogP contribution is -2.53. The van der Waals surface area contributed by atoms with Crippen LogP contribution in [-0.2, 0) is 57.1 Å². The van der Waals surface area contributed by atoms with E-state index < -0.39 is 72.1 Å². The van der Waals surface area contributed by atoms with Gasteiger partial charge in [0.1, 0.15) is 29.8 Å². The van der Waals surface area contributed by atoms with Gasteiger partial charge in [0.05, 0.1) is 103 Å². The number of amides is 7. The van der Waals surface area contributed by atoms with Gasteiger partial charge in [-0.15, -0.1) is 0 Å². The molecule has 8 atom stereocenters. The van der Waals surface area contributed by atoms with Gasteiger partial charge in [-0.2, -0.15) is 0 Å². The van der Waals surface area contributed by atoms with Crippen molar-refractivity contribution < 1.29 is 81.4 Å². The molecule has 18 rings (SSSR count). The van der Waals surface area contributed by atoms with Crippen molar-refractivity contribution in [2.45, 2.75) is 152 Å². The SMILES string of the molecule is COC(=O)N[C@@H](C(=O)O)c1ccccc1.COC(=O)N[C@H](C(=O)N1CCCC1C1=NC=C(c2ccc3cc(-c4ccc(-c5cnc([C@@H]6CC7(CN6C(=O)[C@H](NC(=O)OC)c6ccccc6)OCCO7)[nH]5)cc4)ccc3c2)C1)C(C)C.COC(=O)N[C@H](C(=O)N1CCCC1C1=NC=C(c2ccc3cc(-c4ccc(-c5cnc([C@H]6CCC7(C6)OCCO7)[nH]5)cc4)ccc3c2)C1)C(C)C. The molecule has 8 aromatic carbocycles. The van der Waals surface area contributed by atoms with E-state index >= 15 is 0 Å². The lowest BCUT2D eigenvalue weighted by atomic mass is 9.94. The number of carbonyl (C=O) groups is 8. The number of ether oxygens (including phenoxy) is 8. The zero-order chi connectivity index (χ0) is 91.6. The maximum Gasteiger partial charge on any atom is 0.407 e. The van der Waals surface area contributed by atoms with E-state index in [9.17, 15) is 38.4 Å². The minimum Gasteiger partial charge on any atom is -0.479 e. The highest BCUT2D eigenvalue weighted by atomic mass is 16.7. The molecule has 131 heavy (non-hydrogen) atoms. The summed E-state index contributed by atoms with van der Waals surface area (Å²) in [5.41, 5.74) is 15.9. The minimum absolute atomic E-state index is 0.0662. The number of nitrogens with zero attached hydrogens (tertiary/aromatic N) is 7. The Morgan fingerprint density at radius 1 is 0.427 bits per heavy atom. The third-order valence-corrected chi connectivity index (χ3v) is 25.8. The van der Waals surface area contributed by atoms with E-state index in [2.05, 4.69) is 157 Å². The van der Waals surface area contributed by atoms with Gasteiger partial charge >= 0.3 is 30.3 Å². The van der Waals surface area contributed by atoms with Crippen LogP contribution in [0.2, 0.25) is 0 Å². The van der Waals surface area contributed by atoms with Crippen LogP contribution in [-0.4, -0.2) is 209 Å². The number of fused-ring (bicyclic) bond motifs is 2. The highest BCUT2D eigenvalue weighted by Gasteiger charge is 2.53. The number of hydrogen-bond acceptors (Lipinski definition) is 20. The number of aromatic nitrogens is 4. The standard InChI is InChI=1S/C50H53N7O8.C41H45N5O5.C10H11NO4/c1-30(2)43(54-48(60)62-3)46(58)56-20-8-11-41(56)39-25-38(27-51-39)37-19-18-35-23-34(16-17-36(35)24-37)31-12-14-32(15-13-31)40-28-52-45(53-40)42-26-50(64-21-22-65-50)29-57(42)47(59)44(55-49(61)63-4)33-9-6-5-7-10-33;1-25(2)37(45-40(48)49-3)39(47)46-16-4-5-36(46)34-21-33(23-42-34)31-13-12-29-19-28(10-11-30(29)20-31)26-6-8-27(9-7-26)35-24-43-38(44-35)32-14-15-41(22-32)50-17-18-51-41;1-15-10(14)11-8(9(12)13)7-5-3-2-4-6-7/h5-7,9-10,12-19,23-24,27-28,30,41-44H,8,11,20-22,25-26,29H2,1-4H3,(H,52,53)(H,54,60)(H,55,61);6-13,19-20,23-25,32,36-37H,4-5,14-18,21-22H2,1-3H3,(H,43,44)(H,45,48);2-6,8H,1H3,(H,11,14)(H,12,13)/t41?,42-,43-,44+;32-,36?,37-;8-/m001/s1. The third kappa shape index (κ3) is 20.3. The van der Waals surface area contributed by atoms with Crippen LogP contribution in [0.25, 0.3) is 77.5 Å². The number of aliphatic imine (C=N–C) groups is 2. The second-order valence-corrected chi connectivity index (χ2v) is 34.7. The van der Waals surface area contributed by atoms with Gasteiger partial charge in [0.15, 0.2) is 17.6 Å². The first kappa shape index (κ1) is 90.7. The molecule has 10 aromatic rings. The Hall–Kier alpha value is -13.7. The molecular weight excluding hydrogens is 1670 g/mol. The van der Waals surface area contributed by atoms with Gasteiger partial charge in [-0.25, -0.2) is 33.9 Å². The summed E-state index contributed by atoms with van der Waals surface area (Å²) in [6.07, 6.45) is 12.9. The van der Waals surface area contributed by atoms with Crippen LogP contribution in [0.15, 0.2) is 217 Å². The highest BCUT2D eigenvalue weighted by molar-refractivity contribution is 6.06. The molecule has 1 saturated carbocycles. The van der Waals surface area contributed by atoms with Crippen molar-refractivity contribution in [1.82, 2.24) is 55.9 Å². The number of allylic oxidation sites excluding steroid dienone is 2. The van der Waals surface area contributed by atoms with E-state index in [-0.39, 0.29) is 48.2 Å². The van der Waals surface area contributed by atoms with Gasteiger partial charge in [0, 0.05) is 74.9 Å². The van der Waals surface area contributed by atoms with Crippen LogP contribution in [0.5, 0.6) is 0 Å². The molecule has 30 nitrogen and oxygen atoms in total. The predicted molar refractivity (Wildman–Crippen MR) is 494 cm³/mol. The Morgan fingerprint density at radius 2 is 0.817 bits per heavy atom. The molecule has 9 heterocycles. The summed E-state index contributed by atoms with van der Waals surface area (Å²) in [5.74, 6) is -1.27. The number of aromatic amines is 2. The van der Waals surface area contributed by atoms with Crippen LogP contribution in [0.4, 0.5) is 19.2 Å². The average Bonchev–Trinajstić information content (AvgIpc) is 1.60. The summed E-state index contributed by atoms with van der Waals surface area (Å²) in [7, 11) is 5.06. The van der Waals surface area contributed by atoms with Gasteiger partial charge in [-0.1, -0.05) is 185 Å². The number of benzene rings is 8. The average molecular weight is 1780 g/mol. The first-order valence-corrected chi connectivity index (χ1v) is 44.6. The minimum atomic E-state index is -1.13. The van der Waals surface area contributed by atoms with E-state index in [4.69, 9.17) is 58.2 Å². The van der Waals surface area contributed by atoms with E-state index in [1.165, 1.54) is 39.2 Å². The Bertz CT molecular complexity index is 6000. The summed E-state index contributed by atoms with van der Waals surface area (Å²) < 4.78 is 42.8. The van der Waals surface area contributed by atoms with Crippen molar-refractivity contribution in [2.24, 2.45) is 21.8 Å². The molecule has 0 bridgehead atoms. The lowest BCUT2D eigenvalue weighted by molar-refractivity contribution is -0.153. The summed E-state index contributed by atoms with van der Waals surface area (Å²) in [5, 5.41) is 23.9. The van der Waals surface area contributed by atoms with E-state index in [1.54, 1.807) is 53.6 Å². The molecule has 2 aromatic heterocycles. The van der Waals surface area contributed by atoms with Crippen LogP contribution < -0.4 is 21.3 Å². The summed E-state index contributed by atoms with van der Waals surface area (Å²) in [4.78, 5) is 131. The lowest BCUT2D eigenvalue weighted by Gasteiger charge is -2.31. The summed E-state index contributed by atoms with van der Waals surface area (Å²) >= 11 is 0. The largest absolute Gasteiger partial charge is 0.479 e. The van der Waals surface area contributed by atoms with Gasteiger partial charge in [-0.3, -0.25) is 24.4 Å². The number of alkyl carbamates (subject to hydrolysis) is 4. The van der Waals surface area contributed by atoms with Gasteiger partial charge < -0.3 is 88.9 Å². The normalized spacial score (nSPS) is 19.7. The molecule has 7 N–H and O–H groups in total. The van der Waals surface area contributed by atoms with Crippen LogP contribution in [0.1, 0.15) is 150 Å². The molecule has 7 amide bonds. The van der Waals surface area contributed by atoms with Crippen molar-refractivity contribution in [3.05, 3.63) is 241 Å². The number of nitrogens with one attached hydrogen (secondary N) is 6. The monoisotopic (exact) mass is 1780 g/mol. The second kappa shape index (κ2) is 40.1. The number of likely N-dealkylation sites (tertiary alicyclic amines) is 3. The number of carboxylic acid groups (broad SMARTS) is 1. The van der Waals surface area contributed by atoms with Gasteiger partial charge in [0.25, 0.3) is 5.91 Å². The molecular formula is C101H109N13O17. The maximum absolute atomic E-state index is 14.4. The van der Waals surface area contributed by atoms with Crippen LogP contribution in [0, 0.1) is 11.8 Å². The zero-order valence-corrected chi connectivity index (χ0v) is 74.5. The Kier molecular flexibility index (Phi) is 27.8. The number of aliphatic carboxylic acids is 1. The molecule has 7 aliphatic heterocycles. The molecule has 6 fully saturated rings. The van der Waals surface area contributed by atoms with Crippen molar-refractivity contribution >= 4 is 92.2 Å². The maximum atomic E-state index is 14.4. The Labute approximate surface area is 759 Å². The molecule has 5 saturated heterocycles. The number of H-pyrrole nitrogens is 2. The fourth-order valence-electron chi connectivity index (χ4n) is 18.8. The fourth-order valence-corrected chi connectivity index (χ4v) is 18.8. The topological polar surface area (TPSA) is 371 Å². The molecule has 2 unspecified atom stereocenters. The fraction of sp³-hybridized carbons (Fsp3) is 0.366. The molecule has 2 spiro atoms. The molecule has 8 aliphatic rings. The predicted octanol–water partition coefficient (Wildman–Crippen LogP) is 16.2. The first-order chi connectivity index (χ1) is 63.5. The van der Waals surface area contributed by atoms with Crippen LogP contribution in [0.3, 0.4) is 0 Å². The van der Waals surface area contributed by atoms with Gasteiger partial charge in [0.2, 0.25) is 11.8 Å². The van der Waals surface area contributed by atoms with Crippen LogP contribution >= 0.6 is 0 Å². The first-order valence-electron chi connectivity index (χ1n) is 44.6. The van der Waals surface area contributed by atoms with E-state index in [0.29, 0.717) is 81.6 Å². The Balaban J connectivity index is 0.000000168. The number of carboxylic acids is 1. The van der Waals surface area contributed by atoms with E-state index in [0.717, 1.165) is 140 Å². The number of hydrogen-bond donors (Lipinski definition) is 7. The number of imidazole rings is 2. The van der Waals surface area contributed by atoms with E-state index in [1.807, 2.05) is 74.3 Å². The Morgan fingerprint density at radius 3 is 1.26 bits per heavy atom. The molecule has 680 valence electrons. The third-order valence-electron chi connectivity index (χ3n) is 25.8. The zero-order valence-electron chi connectivity index (χ0n) is 74.5. The number of methoxy groups -OCH3 is 4. The number of rotatable bonds is 22. The highest BCUT2D eigenvalue weighted by Crippen LogP contribution is 2.47. The summed E-state index contributed by atoms with van der Waals surface area (Å²) in [6, 6.07) is 56.4. The van der Waals surface area contributed by atoms with Crippen molar-refractivity contribution in [3.63, 3.8) is 0 Å². The van der Waals surface area contributed by atoms with Crippen molar-refractivity contribution in [3.8, 4) is 44.8 Å². The molecule has 1 aliphatic carbocycles.